The van der Waals surface area contributed by atoms with Crippen LogP contribution in [0.3, 0.4) is 0 Å². The van der Waals surface area contributed by atoms with Crippen molar-refractivity contribution in [3.63, 3.8) is 0 Å². The zero-order valence-electron chi connectivity index (χ0n) is 16.3. The van der Waals surface area contributed by atoms with Gasteiger partial charge in [0.15, 0.2) is 5.69 Å². The van der Waals surface area contributed by atoms with Crippen LogP contribution in [0.5, 0.6) is 0 Å². The molecule has 1 aliphatic rings. The quantitative estimate of drug-likeness (QED) is 0.711. The Morgan fingerprint density at radius 2 is 2.00 bits per heavy atom. The van der Waals surface area contributed by atoms with E-state index in [1.807, 2.05) is 26.0 Å². The number of fused-ring (bicyclic) bond motifs is 1. The number of ketones is 2. The van der Waals surface area contributed by atoms with Crippen LogP contribution in [0.2, 0.25) is 0 Å². The van der Waals surface area contributed by atoms with Crippen molar-refractivity contribution >= 4 is 35.2 Å². The summed E-state index contributed by atoms with van der Waals surface area (Å²) in [4.78, 5) is 45.0. The van der Waals surface area contributed by atoms with Crippen LogP contribution in [0, 0.1) is 0 Å². The second-order valence-electron chi connectivity index (χ2n) is 5.15. The zero-order chi connectivity index (χ0) is 21.7. The minimum Gasteiger partial charge on any atom is -0.481 e. The van der Waals surface area contributed by atoms with Gasteiger partial charge in [0.2, 0.25) is 17.3 Å². The van der Waals surface area contributed by atoms with Gasteiger partial charge in [-0.2, -0.15) is 0 Å². The smallest absolute Gasteiger partial charge is 0.300 e. The van der Waals surface area contributed by atoms with Gasteiger partial charge < -0.3 is 14.9 Å². The molecule has 0 aliphatic heterocycles. The number of thioether (sulfide) groups is 1. The van der Waals surface area contributed by atoms with Crippen molar-refractivity contribution in [1.29, 1.82) is 0 Å². The molecule has 28 heavy (non-hydrogen) atoms. The first-order valence-electron chi connectivity index (χ1n) is 8.33. The SMILES string of the molecule is C=C/C=C\C.CC(=O)O.CCCSC1=CC(=O)c2onc(C(=O)NC)c2C1=O. The van der Waals surface area contributed by atoms with Crippen LogP contribution in [-0.2, 0) is 4.79 Å². The van der Waals surface area contributed by atoms with Gasteiger partial charge in [-0.1, -0.05) is 36.9 Å². The highest BCUT2D eigenvalue weighted by Crippen LogP contribution is 2.30. The second kappa shape index (κ2) is 13.3. The molecule has 1 heterocycles. The molecule has 0 aromatic carbocycles. The number of hydrogen-bond acceptors (Lipinski definition) is 7. The number of rotatable bonds is 5. The molecule has 0 saturated heterocycles. The van der Waals surface area contributed by atoms with E-state index in [0.717, 1.165) is 19.1 Å². The maximum absolute atomic E-state index is 12.2. The van der Waals surface area contributed by atoms with Gasteiger partial charge in [0.25, 0.3) is 11.9 Å². The van der Waals surface area contributed by atoms with Gasteiger partial charge in [-0.05, 0) is 19.1 Å². The Hall–Kier alpha value is -2.94. The number of aliphatic carboxylic acids is 1. The number of aromatic nitrogens is 1. The summed E-state index contributed by atoms with van der Waals surface area (Å²) in [5.74, 6) is -1.64. The summed E-state index contributed by atoms with van der Waals surface area (Å²) in [5.41, 5.74) is -0.177. The van der Waals surface area contributed by atoms with E-state index in [1.54, 1.807) is 6.08 Å². The van der Waals surface area contributed by atoms with E-state index in [4.69, 9.17) is 14.4 Å². The number of carbonyl (C=O) groups is 4. The monoisotopic (exact) mass is 408 g/mol. The Morgan fingerprint density at radius 1 is 1.39 bits per heavy atom. The molecule has 0 saturated carbocycles. The van der Waals surface area contributed by atoms with Crippen molar-refractivity contribution < 1.29 is 28.8 Å². The molecule has 0 spiro atoms. The summed E-state index contributed by atoms with van der Waals surface area (Å²) in [6.45, 7) is 8.48. The van der Waals surface area contributed by atoms with E-state index >= 15 is 0 Å². The number of hydrogen-bond donors (Lipinski definition) is 2. The van der Waals surface area contributed by atoms with Crippen LogP contribution in [0.1, 0.15) is 58.6 Å². The van der Waals surface area contributed by atoms with Crippen molar-refractivity contribution in [2.45, 2.75) is 27.2 Å². The number of Topliss-reactive ketones (excluding diaryl/α,β-unsaturated/α-hetero) is 1. The number of carbonyl (C=O) groups excluding carboxylic acids is 3. The third-order valence-corrected chi connectivity index (χ3v) is 4.09. The lowest BCUT2D eigenvalue weighted by Gasteiger charge is -2.09. The molecule has 1 amide bonds. The molecule has 0 unspecified atom stereocenters. The summed E-state index contributed by atoms with van der Waals surface area (Å²) >= 11 is 1.29. The summed E-state index contributed by atoms with van der Waals surface area (Å²) in [7, 11) is 1.42. The average Bonchev–Trinajstić information content (AvgIpc) is 3.09. The first-order valence-corrected chi connectivity index (χ1v) is 9.32. The van der Waals surface area contributed by atoms with E-state index < -0.39 is 17.7 Å². The van der Waals surface area contributed by atoms with E-state index in [0.29, 0.717) is 4.91 Å². The Morgan fingerprint density at radius 3 is 2.43 bits per heavy atom. The number of allylic oxidation sites excluding steroid dienone is 5. The van der Waals surface area contributed by atoms with Crippen molar-refractivity contribution in [2.75, 3.05) is 12.8 Å². The fourth-order valence-electron chi connectivity index (χ4n) is 1.77. The predicted octanol–water partition coefficient (Wildman–Crippen LogP) is 3.28. The predicted molar refractivity (Wildman–Crippen MR) is 108 cm³/mol. The largest absolute Gasteiger partial charge is 0.481 e. The average molecular weight is 408 g/mol. The molecule has 2 N–H and O–H groups in total. The van der Waals surface area contributed by atoms with Crippen molar-refractivity contribution in [1.82, 2.24) is 10.5 Å². The first-order chi connectivity index (χ1) is 13.2. The molecule has 0 bridgehead atoms. The third-order valence-electron chi connectivity index (χ3n) is 2.86. The number of nitrogens with one attached hydrogen (secondary N) is 1. The minimum absolute atomic E-state index is 0.0366. The van der Waals surface area contributed by atoms with E-state index in [9.17, 15) is 14.4 Å². The molecular formula is C19H24N2O6S. The van der Waals surface area contributed by atoms with Crippen molar-refractivity contribution in [2.24, 2.45) is 0 Å². The lowest BCUT2D eigenvalue weighted by Crippen LogP contribution is -2.23. The molecule has 0 atom stereocenters. The fourth-order valence-corrected chi connectivity index (χ4v) is 2.62. The van der Waals surface area contributed by atoms with Crippen LogP contribution in [-0.4, -0.2) is 46.5 Å². The van der Waals surface area contributed by atoms with Crippen LogP contribution in [0.15, 0.2) is 40.3 Å². The van der Waals surface area contributed by atoms with Crippen molar-refractivity contribution in [3.8, 4) is 0 Å². The van der Waals surface area contributed by atoms with Gasteiger partial charge in [0.1, 0.15) is 5.56 Å². The molecule has 1 aliphatic carbocycles. The highest BCUT2D eigenvalue weighted by Gasteiger charge is 2.35. The van der Waals surface area contributed by atoms with Gasteiger partial charge in [0, 0.05) is 20.0 Å². The molecule has 9 heteroatoms. The highest BCUT2D eigenvalue weighted by molar-refractivity contribution is 8.04. The molecular weight excluding hydrogens is 384 g/mol. The summed E-state index contributed by atoms with van der Waals surface area (Å²) in [5, 5.41) is 13.3. The topological polar surface area (TPSA) is 127 Å². The first kappa shape index (κ1) is 25.1. The Balaban J connectivity index is 0.000000681. The zero-order valence-corrected chi connectivity index (χ0v) is 17.1. The van der Waals surface area contributed by atoms with E-state index in [-0.39, 0.29) is 22.8 Å². The third kappa shape index (κ3) is 7.75. The molecule has 152 valence electrons. The van der Waals surface area contributed by atoms with Crippen molar-refractivity contribution in [3.05, 3.63) is 52.8 Å². The highest BCUT2D eigenvalue weighted by atomic mass is 32.2. The Labute approximate surface area is 167 Å². The summed E-state index contributed by atoms with van der Waals surface area (Å²) in [6, 6.07) is 0. The molecule has 2 rings (SSSR count). The van der Waals surface area contributed by atoms with Crippen LogP contribution in [0.4, 0.5) is 0 Å². The van der Waals surface area contributed by atoms with Gasteiger partial charge in [-0.3, -0.25) is 19.2 Å². The summed E-state index contributed by atoms with van der Waals surface area (Å²) < 4.78 is 4.81. The Kier molecular flexibility index (Phi) is 11.9. The van der Waals surface area contributed by atoms with E-state index in [1.165, 1.54) is 24.9 Å². The molecule has 8 nitrogen and oxygen atoms in total. The minimum atomic E-state index is -0.833. The Bertz CT molecular complexity index is 788. The maximum Gasteiger partial charge on any atom is 0.300 e. The molecule has 1 aromatic rings. The van der Waals surface area contributed by atoms with E-state index in [2.05, 4.69) is 17.1 Å². The van der Waals surface area contributed by atoms with Gasteiger partial charge in [0.05, 0.1) is 4.91 Å². The number of carboxylic acid groups (broad SMARTS) is 1. The normalized spacial score (nSPS) is 12.1. The number of nitrogens with zero attached hydrogens (tertiary/aromatic N) is 1. The maximum atomic E-state index is 12.2. The molecule has 0 radical (unpaired) electrons. The molecule has 0 fully saturated rings. The lowest BCUT2D eigenvalue weighted by molar-refractivity contribution is -0.134. The fraction of sp³-hybridized carbons (Fsp3) is 0.316. The summed E-state index contributed by atoms with van der Waals surface area (Å²) in [6.07, 6.45) is 7.69. The standard InChI is InChI=1S/C12H12N2O4S.C5H8.C2H4O2/c1-3-4-19-7-5-6(15)11-8(10(7)16)9(14-18-11)12(17)13-2;1-3-5-4-2;1-2(3)4/h5H,3-4H2,1-2H3,(H,13,17);3-5H,1H2,2H3;1H3,(H,3,4)/b;5-4-;. The number of amides is 1. The van der Waals surface area contributed by atoms with Crippen LogP contribution < -0.4 is 5.32 Å². The van der Waals surface area contributed by atoms with Gasteiger partial charge in [-0.15, -0.1) is 11.8 Å². The molecule has 1 aromatic heterocycles. The van der Waals surface area contributed by atoms with Gasteiger partial charge in [-0.25, -0.2) is 0 Å². The van der Waals surface area contributed by atoms with Crippen LogP contribution in [0.25, 0.3) is 0 Å². The number of carboxylic acids is 1. The van der Waals surface area contributed by atoms with Crippen LogP contribution >= 0.6 is 11.8 Å². The lowest BCUT2D eigenvalue weighted by atomic mass is 10.00. The van der Waals surface area contributed by atoms with Gasteiger partial charge >= 0.3 is 0 Å². The second-order valence-corrected chi connectivity index (χ2v) is 6.28.